The maximum absolute atomic E-state index is 13.0. The molecule has 0 aromatic heterocycles. The van der Waals surface area contributed by atoms with Gasteiger partial charge in [0.1, 0.15) is 0 Å². The molecule has 0 fully saturated rings. The highest BCUT2D eigenvalue weighted by Crippen LogP contribution is 2.38. The molecular formula is C29H22N4O. The molecule has 0 saturated heterocycles. The summed E-state index contributed by atoms with van der Waals surface area (Å²) in [6, 6.07) is 25.3. The van der Waals surface area contributed by atoms with Crippen LogP contribution in [-0.2, 0) is 11.3 Å². The summed E-state index contributed by atoms with van der Waals surface area (Å²) in [5.41, 5.74) is 6.09. The monoisotopic (exact) mass is 442 g/mol. The van der Waals surface area contributed by atoms with Crippen molar-refractivity contribution in [2.24, 2.45) is 0 Å². The number of allylic oxidation sites excluding steroid dienone is 4. The number of nitrogens with zero attached hydrogens (tertiary/aromatic N) is 2. The van der Waals surface area contributed by atoms with Crippen LogP contribution in [0.4, 0.5) is 11.4 Å². The standard InChI is InChI=1S/C29H22N4O/c30-19-22-12-15-26-25(18-22)27(29(34)32-26)28(23-8-4-3-5-9-23)31-24-13-10-21(11-14-24)20-33-16-6-1-2-7-17-33/h1-18,31H,20H2,(H,32,34)/b28-27-. The minimum atomic E-state index is -0.193. The van der Waals surface area contributed by atoms with Crippen LogP contribution in [0.25, 0.3) is 11.3 Å². The minimum Gasteiger partial charge on any atom is -0.354 e. The fraction of sp³-hybridized carbons (Fsp3) is 0.0345. The molecule has 2 heterocycles. The molecule has 2 aliphatic rings. The molecule has 0 aliphatic carbocycles. The van der Waals surface area contributed by atoms with Gasteiger partial charge in [0.05, 0.1) is 22.9 Å². The molecule has 0 atom stereocenters. The van der Waals surface area contributed by atoms with E-state index in [1.807, 2.05) is 79.2 Å². The van der Waals surface area contributed by atoms with E-state index in [9.17, 15) is 10.1 Å². The Balaban J connectivity index is 1.49. The van der Waals surface area contributed by atoms with E-state index >= 15 is 0 Å². The molecule has 3 aromatic carbocycles. The lowest BCUT2D eigenvalue weighted by Crippen LogP contribution is -2.10. The largest absolute Gasteiger partial charge is 0.354 e. The molecule has 34 heavy (non-hydrogen) atoms. The van der Waals surface area contributed by atoms with Crippen LogP contribution in [0.2, 0.25) is 0 Å². The lowest BCUT2D eigenvalue weighted by molar-refractivity contribution is -0.110. The van der Waals surface area contributed by atoms with Crippen LogP contribution in [-0.4, -0.2) is 10.8 Å². The number of amides is 1. The van der Waals surface area contributed by atoms with E-state index in [-0.39, 0.29) is 5.91 Å². The Morgan fingerprint density at radius 3 is 2.35 bits per heavy atom. The lowest BCUT2D eigenvalue weighted by Gasteiger charge is -2.17. The maximum atomic E-state index is 13.0. The average molecular weight is 443 g/mol. The molecule has 2 N–H and O–H groups in total. The van der Waals surface area contributed by atoms with Gasteiger partial charge >= 0.3 is 0 Å². The van der Waals surface area contributed by atoms with Gasteiger partial charge in [-0.05, 0) is 53.6 Å². The van der Waals surface area contributed by atoms with Crippen molar-refractivity contribution in [3.63, 3.8) is 0 Å². The Hall–Kier alpha value is -4.82. The highest BCUT2D eigenvalue weighted by atomic mass is 16.2. The summed E-state index contributed by atoms with van der Waals surface area (Å²) in [6.07, 6.45) is 12.1. The SMILES string of the molecule is N#Cc1ccc2c(c1)/C(=C(/Nc1ccc(CN3C=CC=CC=C3)cc1)c1ccccc1)C(=O)N2. The number of hydrogen-bond acceptors (Lipinski definition) is 4. The van der Waals surface area contributed by atoms with Gasteiger partial charge in [-0.15, -0.1) is 0 Å². The van der Waals surface area contributed by atoms with E-state index in [4.69, 9.17) is 0 Å². The van der Waals surface area contributed by atoms with E-state index in [0.29, 0.717) is 22.5 Å². The summed E-state index contributed by atoms with van der Waals surface area (Å²) in [7, 11) is 0. The summed E-state index contributed by atoms with van der Waals surface area (Å²) < 4.78 is 0. The highest BCUT2D eigenvalue weighted by molar-refractivity contribution is 6.37. The van der Waals surface area contributed by atoms with Crippen LogP contribution >= 0.6 is 0 Å². The van der Waals surface area contributed by atoms with E-state index in [2.05, 4.69) is 33.7 Å². The first kappa shape index (κ1) is 21.0. The van der Waals surface area contributed by atoms with Crippen molar-refractivity contribution in [1.29, 1.82) is 5.26 Å². The summed E-state index contributed by atoms with van der Waals surface area (Å²) in [4.78, 5) is 15.1. The Morgan fingerprint density at radius 2 is 1.65 bits per heavy atom. The van der Waals surface area contributed by atoms with Crippen molar-refractivity contribution in [1.82, 2.24) is 4.90 Å². The van der Waals surface area contributed by atoms with Crippen molar-refractivity contribution in [3.8, 4) is 6.07 Å². The topological polar surface area (TPSA) is 68.2 Å². The number of carbonyl (C=O) groups excluding carboxylic acids is 1. The fourth-order valence-electron chi connectivity index (χ4n) is 4.02. The minimum absolute atomic E-state index is 0.193. The third-order valence-corrected chi connectivity index (χ3v) is 5.68. The molecule has 0 radical (unpaired) electrons. The van der Waals surface area contributed by atoms with Gasteiger partial charge in [0, 0.05) is 35.9 Å². The summed E-state index contributed by atoms with van der Waals surface area (Å²) in [5.74, 6) is -0.193. The quantitative estimate of drug-likeness (QED) is 0.484. The van der Waals surface area contributed by atoms with Gasteiger partial charge < -0.3 is 15.5 Å². The first-order valence-corrected chi connectivity index (χ1v) is 11.0. The van der Waals surface area contributed by atoms with E-state index < -0.39 is 0 Å². The number of nitrogens with one attached hydrogen (secondary N) is 2. The first-order valence-electron chi connectivity index (χ1n) is 11.0. The normalized spacial score (nSPS) is 15.4. The third kappa shape index (κ3) is 4.38. The average Bonchev–Trinajstić information content (AvgIpc) is 3.01. The molecule has 5 heteroatoms. The van der Waals surface area contributed by atoms with E-state index in [1.54, 1.807) is 18.2 Å². The zero-order valence-corrected chi connectivity index (χ0v) is 18.4. The molecule has 0 saturated carbocycles. The summed E-state index contributed by atoms with van der Waals surface area (Å²) in [5, 5.41) is 15.8. The molecule has 0 bridgehead atoms. The first-order chi connectivity index (χ1) is 16.7. The molecule has 3 aromatic rings. The van der Waals surface area contributed by atoms with Crippen LogP contribution in [0.1, 0.15) is 22.3 Å². The highest BCUT2D eigenvalue weighted by Gasteiger charge is 2.28. The second kappa shape index (κ2) is 9.35. The molecule has 1 amide bonds. The molecule has 0 spiro atoms. The van der Waals surface area contributed by atoms with Crippen LogP contribution in [0.15, 0.2) is 110 Å². The van der Waals surface area contributed by atoms with Gasteiger partial charge in [-0.1, -0.05) is 54.6 Å². The Kier molecular flexibility index (Phi) is 5.79. The van der Waals surface area contributed by atoms with Crippen LogP contribution < -0.4 is 10.6 Å². The zero-order chi connectivity index (χ0) is 23.3. The Labute approximate surface area is 198 Å². The predicted molar refractivity (Wildman–Crippen MR) is 136 cm³/mol. The maximum Gasteiger partial charge on any atom is 0.258 e. The Morgan fingerprint density at radius 1 is 0.912 bits per heavy atom. The van der Waals surface area contributed by atoms with Crippen molar-refractivity contribution in [2.75, 3.05) is 10.6 Å². The molecule has 164 valence electrons. The number of nitriles is 1. The lowest BCUT2D eigenvalue weighted by atomic mass is 9.98. The van der Waals surface area contributed by atoms with Gasteiger partial charge in [0.2, 0.25) is 0 Å². The number of rotatable bonds is 5. The van der Waals surface area contributed by atoms with Crippen LogP contribution in [0.3, 0.4) is 0 Å². The number of benzene rings is 3. The number of anilines is 2. The van der Waals surface area contributed by atoms with Crippen molar-refractivity contribution in [3.05, 3.63) is 132 Å². The number of hydrogen-bond donors (Lipinski definition) is 2. The second-order valence-electron chi connectivity index (χ2n) is 8.00. The molecule has 5 rings (SSSR count). The van der Waals surface area contributed by atoms with Crippen LogP contribution in [0.5, 0.6) is 0 Å². The van der Waals surface area contributed by atoms with Gasteiger partial charge in [-0.25, -0.2) is 0 Å². The zero-order valence-electron chi connectivity index (χ0n) is 18.4. The van der Waals surface area contributed by atoms with Crippen LogP contribution in [0, 0.1) is 11.3 Å². The second-order valence-corrected chi connectivity index (χ2v) is 8.00. The smallest absolute Gasteiger partial charge is 0.258 e. The van der Waals surface area contributed by atoms with Gasteiger partial charge in [0.15, 0.2) is 0 Å². The van der Waals surface area contributed by atoms with E-state index in [0.717, 1.165) is 23.4 Å². The van der Waals surface area contributed by atoms with Gasteiger partial charge in [-0.2, -0.15) is 5.26 Å². The fourth-order valence-corrected chi connectivity index (χ4v) is 4.02. The number of fused-ring (bicyclic) bond motifs is 1. The Bertz CT molecular complexity index is 1370. The molecule has 5 nitrogen and oxygen atoms in total. The molecule has 2 aliphatic heterocycles. The number of carbonyl (C=O) groups is 1. The van der Waals surface area contributed by atoms with Crippen molar-refractivity contribution in [2.45, 2.75) is 6.54 Å². The van der Waals surface area contributed by atoms with Gasteiger partial charge in [-0.3, -0.25) is 4.79 Å². The van der Waals surface area contributed by atoms with Gasteiger partial charge in [0.25, 0.3) is 5.91 Å². The predicted octanol–water partition coefficient (Wildman–Crippen LogP) is 5.89. The molecular weight excluding hydrogens is 420 g/mol. The van der Waals surface area contributed by atoms with Crippen molar-refractivity contribution < 1.29 is 4.79 Å². The summed E-state index contributed by atoms with van der Waals surface area (Å²) in [6.45, 7) is 0.758. The van der Waals surface area contributed by atoms with E-state index in [1.165, 1.54) is 5.56 Å². The molecule has 0 unspecified atom stereocenters. The van der Waals surface area contributed by atoms with Crippen molar-refractivity contribution >= 4 is 28.6 Å². The third-order valence-electron chi connectivity index (χ3n) is 5.68. The summed E-state index contributed by atoms with van der Waals surface area (Å²) >= 11 is 0.